The summed E-state index contributed by atoms with van der Waals surface area (Å²) in [6, 6.07) is 0. The third kappa shape index (κ3) is 1.62. The van der Waals surface area contributed by atoms with Crippen LogP contribution in [0.25, 0.3) is 0 Å². The molecule has 3 rings (SSSR count). The number of imidazole rings is 1. The lowest BCUT2D eigenvalue weighted by molar-refractivity contribution is 0.291. The van der Waals surface area contributed by atoms with Crippen LogP contribution in [0.15, 0.2) is 17.0 Å². The lowest BCUT2D eigenvalue weighted by Gasteiger charge is -2.20. The van der Waals surface area contributed by atoms with E-state index in [1.807, 2.05) is 17.8 Å². The Labute approximate surface area is 93.5 Å². The molecule has 0 saturated heterocycles. The summed E-state index contributed by atoms with van der Waals surface area (Å²) in [5.41, 5.74) is 1.10. The summed E-state index contributed by atoms with van der Waals surface area (Å²) in [6.07, 6.45) is 7.96. The summed E-state index contributed by atoms with van der Waals surface area (Å²) in [4.78, 5) is 8.49. The van der Waals surface area contributed by atoms with Crippen molar-refractivity contribution in [2.45, 2.75) is 31.6 Å². The average Bonchev–Trinajstić information content (AvgIpc) is 2.76. The molecule has 0 atom stereocenters. The first kappa shape index (κ1) is 9.57. The molecule has 0 aromatic carbocycles. The number of rotatable bonds is 3. The fourth-order valence-electron chi connectivity index (χ4n) is 1.88. The Bertz CT molecular complexity index is 484. The molecule has 84 valence electrons. The van der Waals surface area contributed by atoms with Crippen LogP contribution in [0.3, 0.4) is 0 Å². The van der Waals surface area contributed by atoms with Crippen LogP contribution in [-0.2, 0) is 13.5 Å². The highest BCUT2D eigenvalue weighted by atomic mass is 16.5. The molecule has 1 saturated carbocycles. The van der Waals surface area contributed by atoms with E-state index < -0.39 is 0 Å². The molecule has 5 heteroatoms. The van der Waals surface area contributed by atoms with Gasteiger partial charge in [0.15, 0.2) is 5.82 Å². The molecule has 0 radical (unpaired) electrons. The van der Waals surface area contributed by atoms with Crippen molar-refractivity contribution in [2.24, 2.45) is 7.05 Å². The minimum atomic E-state index is 0.507. The first-order valence-corrected chi connectivity index (χ1v) is 5.60. The molecule has 1 aliphatic carbocycles. The van der Waals surface area contributed by atoms with Crippen molar-refractivity contribution in [1.29, 1.82) is 0 Å². The van der Waals surface area contributed by atoms with Gasteiger partial charge in [0.1, 0.15) is 0 Å². The second-order valence-corrected chi connectivity index (χ2v) is 4.35. The monoisotopic (exact) mass is 218 g/mol. The van der Waals surface area contributed by atoms with Crippen molar-refractivity contribution in [2.75, 3.05) is 0 Å². The van der Waals surface area contributed by atoms with Crippen LogP contribution >= 0.6 is 0 Å². The molecule has 0 N–H and O–H groups in total. The molecule has 2 heterocycles. The van der Waals surface area contributed by atoms with Gasteiger partial charge in [-0.3, -0.25) is 0 Å². The highest BCUT2D eigenvalue weighted by Crippen LogP contribution is 2.35. The number of aryl methyl sites for hydroxylation is 1. The summed E-state index contributed by atoms with van der Waals surface area (Å²) in [5.74, 6) is 2.07. The van der Waals surface area contributed by atoms with Gasteiger partial charge in [-0.1, -0.05) is 11.6 Å². The summed E-state index contributed by atoms with van der Waals surface area (Å²) in [5, 5.41) is 4.01. The highest BCUT2D eigenvalue weighted by molar-refractivity contribution is 5.07. The Morgan fingerprint density at radius 3 is 3.00 bits per heavy atom. The minimum Gasteiger partial charge on any atom is -0.339 e. The molecule has 2 aromatic heterocycles. The van der Waals surface area contributed by atoms with E-state index in [2.05, 4.69) is 15.1 Å². The number of hydrogen-bond acceptors (Lipinski definition) is 4. The van der Waals surface area contributed by atoms with Gasteiger partial charge in [-0.05, 0) is 12.8 Å². The van der Waals surface area contributed by atoms with Gasteiger partial charge in [-0.2, -0.15) is 4.98 Å². The van der Waals surface area contributed by atoms with Crippen LogP contribution in [0, 0.1) is 0 Å². The fraction of sp³-hybridized carbons (Fsp3) is 0.545. The summed E-state index contributed by atoms with van der Waals surface area (Å²) >= 11 is 0. The first-order valence-electron chi connectivity index (χ1n) is 5.60. The van der Waals surface area contributed by atoms with Crippen molar-refractivity contribution in [3.05, 3.63) is 29.9 Å². The Morgan fingerprint density at radius 2 is 2.38 bits per heavy atom. The van der Waals surface area contributed by atoms with Gasteiger partial charge < -0.3 is 9.09 Å². The van der Waals surface area contributed by atoms with Gasteiger partial charge in [0, 0.05) is 24.9 Å². The molecule has 1 fully saturated rings. The van der Waals surface area contributed by atoms with E-state index in [1.54, 1.807) is 6.33 Å². The highest BCUT2D eigenvalue weighted by Gasteiger charge is 2.25. The van der Waals surface area contributed by atoms with Gasteiger partial charge in [-0.15, -0.1) is 0 Å². The van der Waals surface area contributed by atoms with Gasteiger partial charge >= 0.3 is 0 Å². The zero-order chi connectivity index (χ0) is 11.0. The fourth-order valence-corrected chi connectivity index (χ4v) is 1.88. The predicted molar refractivity (Wildman–Crippen MR) is 56.9 cm³/mol. The minimum absolute atomic E-state index is 0.507. The predicted octanol–water partition coefficient (Wildman–Crippen LogP) is 1.66. The lowest BCUT2D eigenvalue weighted by Crippen LogP contribution is -2.09. The zero-order valence-corrected chi connectivity index (χ0v) is 9.26. The van der Waals surface area contributed by atoms with Crippen LogP contribution in [0.4, 0.5) is 0 Å². The molecule has 2 aromatic rings. The summed E-state index contributed by atoms with van der Waals surface area (Å²) < 4.78 is 7.24. The van der Waals surface area contributed by atoms with Crippen molar-refractivity contribution >= 4 is 0 Å². The molecule has 0 aliphatic heterocycles. The second kappa shape index (κ2) is 3.73. The van der Waals surface area contributed by atoms with E-state index in [-0.39, 0.29) is 0 Å². The quantitative estimate of drug-likeness (QED) is 0.786. The maximum Gasteiger partial charge on any atom is 0.229 e. The molecule has 1 aliphatic rings. The molecule has 0 unspecified atom stereocenters. The normalized spacial score (nSPS) is 16.3. The van der Waals surface area contributed by atoms with Crippen LogP contribution in [0.2, 0.25) is 0 Å². The summed E-state index contributed by atoms with van der Waals surface area (Å²) in [6.45, 7) is 0. The van der Waals surface area contributed by atoms with E-state index in [9.17, 15) is 0 Å². The second-order valence-electron chi connectivity index (χ2n) is 4.35. The standard InChI is InChI=1S/C11H14N4O/c1-15-7-12-6-9(15)5-10-13-11(16-14-10)8-3-2-4-8/h6-8H,2-5H2,1H3. The Kier molecular flexibility index (Phi) is 2.23. The Hall–Kier alpha value is -1.65. The maximum atomic E-state index is 5.27. The largest absolute Gasteiger partial charge is 0.339 e. The van der Waals surface area contributed by atoms with Crippen LogP contribution in [0.5, 0.6) is 0 Å². The van der Waals surface area contributed by atoms with Crippen molar-refractivity contribution in [3.8, 4) is 0 Å². The molecule has 0 spiro atoms. The van der Waals surface area contributed by atoms with E-state index in [4.69, 9.17) is 4.52 Å². The summed E-state index contributed by atoms with van der Waals surface area (Å²) in [7, 11) is 1.97. The van der Waals surface area contributed by atoms with Crippen molar-refractivity contribution in [3.63, 3.8) is 0 Å². The SMILES string of the molecule is Cn1cncc1Cc1noc(C2CCC2)n1. The lowest BCUT2D eigenvalue weighted by atomic mass is 9.85. The average molecular weight is 218 g/mol. The van der Waals surface area contributed by atoms with Crippen LogP contribution in [0.1, 0.15) is 42.6 Å². The zero-order valence-electron chi connectivity index (χ0n) is 9.26. The number of nitrogens with zero attached hydrogens (tertiary/aromatic N) is 4. The van der Waals surface area contributed by atoms with E-state index in [1.165, 1.54) is 19.3 Å². The van der Waals surface area contributed by atoms with Gasteiger partial charge in [-0.25, -0.2) is 4.98 Å². The molecule has 5 nitrogen and oxygen atoms in total. The molecule has 0 bridgehead atoms. The van der Waals surface area contributed by atoms with Gasteiger partial charge in [0.2, 0.25) is 5.89 Å². The van der Waals surface area contributed by atoms with Crippen LogP contribution < -0.4 is 0 Å². The van der Waals surface area contributed by atoms with Crippen molar-refractivity contribution in [1.82, 2.24) is 19.7 Å². The third-order valence-corrected chi connectivity index (χ3v) is 3.19. The van der Waals surface area contributed by atoms with E-state index in [0.29, 0.717) is 12.3 Å². The smallest absolute Gasteiger partial charge is 0.229 e. The Morgan fingerprint density at radius 1 is 1.50 bits per heavy atom. The number of aromatic nitrogens is 4. The van der Waals surface area contributed by atoms with E-state index in [0.717, 1.165) is 17.4 Å². The first-order chi connectivity index (χ1) is 7.83. The maximum absolute atomic E-state index is 5.27. The molecule has 0 amide bonds. The topological polar surface area (TPSA) is 56.7 Å². The van der Waals surface area contributed by atoms with E-state index >= 15 is 0 Å². The molecule has 16 heavy (non-hydrogen) atoms. The van der Waals surface area contributed by atoms with Gasteiger partial charge in [0.25, 0.3) is 0 Å². The van der Waals surface area contributed by atoms with Gasteiger partial charge in [0.05, 0.1) is 12.7 Å². The molecular weight excluding hydrogens is 204 g/mol. The Balaban J connectivity index is 1.75. The third-order valence-electron chi connectivity index (χ3n) is 3.19. The molecular formula is C11H14N4O. The van der Waals surface area contributed by atoms with Crippen LogP contribution in [-0.4, -0.2) is 19.7 Å². The number of hydrogen-bond donors (Lipinski definition) is 0. The van der Waals surface area contributed by atoms with Crippen molar-refractivity contribution < 1.29 is 4.52 Å².